The molecule has 3 aromatic carbocycles. The van der Waals surface area contributed by atoms with Crippen molar-refractivity contribution in [2.45, 2.75) is 25.3 Å². The van der Waals surface area contributed by atoms with Crippen LogP contribution in [0.4, 0.5) is 5.69 Å². The lowest BCUT2D eigenvalue weighted by Crippen LogP contribution is -2.23. The van der Waals surface area contributed by atoms with Crippen molar-refractivity contribution >= 4 is 49.1 Å². The highest BCUT2D eigenvalue weighted by Crippen LogP contribution is 2.24. The molecule has 9 nitrogen and oxygen atoms in total. The SMILES string of the molecule is CCOC(=O)Cn1c(=NC(=O)c2ccccc2NS(=O)(=O)c2ccc(C)cc2)sc2cc(OC)ccc21. The van der Waals surface area contributed by atoms with Gasteiger partial charge in [-0.15, -0.1) is 0 Å². The number of rotatable bonds is 8. The molecule has 0 bridgehead atoms. The summed E-state index contributed by atoms with van der Waals surface area (Å²) in [5, 5.41) is 0. The van der Waals surface area contributed by atoms with E-state index >= 15 is 0 Å². The van der Waals surface area contributed by atoms with Gasteiger partial charge in [0, 0.05) is 0 Å². The number of amides is 1. The quantitative estimate of drug-likeness (QED) is 0.337. The number of carbonyl (C=O) groups excluding carboxylic acids is 2. The standard InChI is InChI=1S/C26H25N3O6S2/c1-4-35-24(30)16-29-22-14-11-18(34-3)15-23(22)36-26(29)27-25(31)20-7-5-6-8-21(20)28-37(32,33)19-12-9-17(2)10-13-19/h5-15,28H,4,16H2,1-3H3. The second kappa shape index (κ2) is 11.0. The van der Waals surface area contributed by atoms with Crippen LogP contribution in [0.3, 0.4) is 0 Å². The van der Waals surface area contributed by atoms with E-state index in [1.807, 2.05) is 6.92 Å². The van der Waals surface area contributed by atoms with Crippen LogP contribution < -0.4 is 14.3 Å². The van der Waals surface area contributed by atoms with Crippen LogP contribution in [0, 0.1) is 6.92 Å². The summed E-state index contributed by atoms with van der Waals surface area (Å²) in [6, 6.07) is 17.9. The number of ether oxygens (including phenoxy) is 2. The molecule has 0 radical (unpaired) electrons. The molecule has 0 saturated carbocycles. The highest BCUT2D eigenvalue weighted by atomic mass is 32.2. The Hall–Kier alpha value is -3.96. The number of nitrogens with zero attached hydrogens (tertiary/aromatic N) is 2. The molecule has 0 aliphatic carbocycles. The number of benzene rings is 3. The Balaban J connectivity index is 1.76. The Morgan fingerprint density at radius 2 is 1.78 bits per heavy atom. The van der Waals surface area contributed by atoms with E-state index < -0.39 is 21.9 Å². The number of sulfonamides is 1. The van der Waals surface area contributed by atoms with Crippen LogP contribution in [0.15, 0.2) is 76.6 Å². The zero-order valence-corrected chi connectivity index (χ0v) is 22.1. The fraction of sp³-hybridized carbons (Fsp3) is 0.192. The van der Waals surface area contributed by atoms with Crippen LogP contribution in [0.2, 0.25) is 0 Å². The van der Waals surface area contributed by atoms with E-state index in [0.29, 0.717) is 11.3 Å². The van der Waals surface area contributed by atoms with Crippen molar-refractivity contribution < 1.29 is 27.5 Å². The average molecular weight is 540 g/mol. The molecule has 0 aliphatic heterocycles. The zero-order chi connectivity index (χ0) is 26.6. The lowest BCUT2D eigenvalue weighted by molar-refractivity contribution is -0.143. The number of hydrogen-bond donors (Lipinski definition) is 1. The van der Waals surface area contributed by atoms with Gasteiger partial charge in [0.25, 0.3) is 15.9 Å². The van der Waals surface area contributed by atoms with Gasteiger partial charge in [0.1, 0.15) is 12.3 Å². The van der Waals surface area contributed by atoms with Gasteiger partial charge in [0.15, 0.2) is 4.80 Å². The summed E-state index contributed by atoms with van der Waals surface area (Å²) in [5.41, 5.74) is 1.76. The number of hydrogen-bond acceptors (Lipinski definition) is 7. The number of fused-ring (bicyclic) bond motifs is 1. The minimum atomic E-state index is -3.94. The Morgan fingerprint density at radius 1 is 1.05 bits per heavy atom. The molecule has 1 N–H and O–H groups in total. The highest BCUT2D eigenvalue weighted by molar-refractivity contribution is 7.92. The third kappa shape index (κ3) is 5.89. The van der Waals surface area contributed by atoms with Crippen molar-refractivity contribution in [1.29, 1.82) is 0 Å². The summed E-state index contributed by atoms with van der Waals surface area (Å²) >= 11 is 1.20. The number of nitrogens with one attached hydrogen (secondary N) is 1. The van der Waals surface area contributed by atoms with Crippen molar-refractivity contribution in [3.05, 3.63) is 82.7 Å². The largest absolute Gasteiger partial charge is 0.497 e. The smallest absolute Gasteiger partial charge is 0.326 e. The summed E-state index contributed by atoms with van der Waals surface area (Å²) in [7, 11) is -2.39. The highest BCUT2D eigenvalue weighted by Gasteiger charge is 2.19. The number of aryl methyl sites for hydroxylation is 1. The number of anilines is 1. The van der Waals surface area contributed by atoms with Gasteiger partial charge in [-0.2, -0.15) is 4.99 Å². The molecule has 1 heterocycles. The first-order valence-electron chi connectivity index (χ1n) is 11.3. The second-order valence-corrected chi connectivity index (χ2v) is 10.7. The third-order valence-corrected chi connectivity index (χ3v) is 7.84. The number of methoxy groups -OCH3 is 1. The molecule has 0 aliphatic rings. The molecular weight excluding hydrogens is 514 g/mol. The summed E-state index contributed by atoms with van der Waals surface area (Å²) < 4.78 is 41.1. The van der Waals surface area contributed by atoms with Crippen LogP contribution in [-0.4, -0.2) is 38.6 Å². The Morgan fingerprint density at radius 3 is 2.49 bits per heavy atom. The fourth-order valence-corrected chi connectivity index (χ4v) is 5.72. The summed E-state index contributed by atoms with van der Waals surface area (Å²) in [6.45, 7) is 3.64. The van der Waals surface area contributed by atoms with Crippen LogP contribution >= 0.6 is 11.3 Å². The molecule has 1 aromatic heterocycles. The maximum atomic E-state index is 13.3. The number of thiazole rings is 1. The second-order valence-electron chi connectivity index (χ2n) is 7.99. The van der Waals surface area contributed by atoms with E-state index in [1.165, 1.54) is 35.6 Å². The number of aromatic nitrogens is 1. The van der Waals surface area contributed by atoms with Crippen LogP contribution in [0.1, 0.15) is 22.8 Å². The minimum Gasteiger partial charge on any atom is -0.497 e. The first-order chi connectivity index (χ1) is 17.7. The lowest BCUT2D eigenvalue weighted by Gasteiger charge is -2.11. The van der Waals surface area contributed by atoms with Crippen molar-refractivity contribution in [1.82, 2.24) is 4.57 Å². The first-order valence-corrected chi connectivity index (χ1v) is 13.6. The van der Waals surface area contributed by atoms with E-state index in [9.17, 15) is 18.0 Å². The molecule has 192 valence electrons. The molecule has 37 heavy (non-hydrogen) atoms. The topological polar surface area (TPSA) is 116 Å². The minimum absolute atomic E-state index is 0.0657. The Labute approximate surface area is 218 Å². The molecule has 4 aromatic rings. The number of esters is 1. The van der Waals surface area contributed by atoms with Crippen LogP contribution in [0.5, 0.6) is 5.75 Å². The van der Waals surface area contributed by atoms with Crippen molar-refractivity contribution in [3.63, 3.8) is 0 Å². The van der Waals surface area contributed by atoms with Crippen LogP contribution in [0.25, 0.3) is 10.2 Å². The first kappa shape index (κ1) is 26.1. The van der Waals surface area contributed by atoms with Gasteiger partial charge in [0.2, 0.25) is 0 Å². The molecule has 0 unspecified atom stereocenters. The van der Waals surface area contributed by atoms with Gasteiger partial charge >= 0.3 is 5.97 Å². The van der Waals surface area contributed by atoms with E-state index in [-0.39, 0.29) is 34.1 Å². The van der Waals surface area contributed by atoms with Gasteiger partial charge in [-0.3, -0.25) is 14.3 Å². The summed E-state index contributed by atoms with van der Waals surface area (Å²) in [6.07, 6.45) is 0. The van der Waals surface area contributed by atoms with Crippen molar-refractivity contribution in [2.24, 2.45) is 4.99 Å². The number of para-hydroxylation sites is 1. The number of carbonyl (C=O) groups is 2. The predicted molar refractivity (Wildman–Crippen MR) is 141 cm³/mol. The van der Waals surface area contributed by atoms with E-state index in [4.69, 9.17) is 9.47 Å². The van der Waals surface area contributed by atoms with Gasteiger partial charge in [0.05, 0.1) is 40.1 Å². The Kier molecular flexibility index (Phi) is 7.74. The fourth-order valence-electron chi connectivity index (χ4n) is 3.58. The zero-order valence-electron chi connectivity index (χ0n) is 20.4. The third-order valence-electron chi connectivity index (χ3n) is 5.41. The maximum absolute atomic E-state index is 13.3. The monoisotopic (exact) mass is 539 g/mol. The van der Waals surface area contributed by atoms with Gasteiger partial charge in [-0.25, -0.2) is 8.42 Å². The molecule has 0 atom stereocenters. The summed E-state index contributed by atoms with van der Waals surface area (Å²) in [4.78, 5) is 30.2. The summed E-state index contributed by atoms with van der Waals surface area (Å²) in [5.74, 6) is -0.526. The molecule has 4 rings (SSSR count). The predicted octanol–water partition coefficient (Wildman–Crippen LogP) is 4.12. The van der Waals surface area contributed by atoms with Crippen LogP contribution in [-0.2, 0) is 26.1 Å². The molecule has 0 spiro atoms. The van der Waals surface area contributed by atoms with E-state index in [2.05, 4.69) is 9.71 Å². The molecule has 1 amide bonds. The van der Waals surface area contributed by atoms with Crippen molar-refractivity contribution in [3.8, 4) is 5.75 Å². The van der Waals surface area contributed by atoms with E-state index in [0.717, 1.165) is 10.3 Å². The van der Waals surface area contributed by atoms with Gasteiger partial charge < -0.3 is 14.0 Å². The van der Waals surface area contributed by atoms with E-state index in [1.54, 1.807) is 61.1 Å². The Bertz CT molecular complexity index is 1640. The maximum Gasteiger partial charge on any atom is 0.326 e. The molecule has 0 fully saturated rings. The van der Waals surface area contributed by atoms with Gasteiger partial charge in [-0.05, 0) is 56.3 Å². The van der Waals surface area contributed by atoms with Crippen molar-refractivity contribution in [2.75, 3.05) is 18.4 Å². The molecular formula is C26H25N3O6S2. The molecule has 11 heteroatoms. The lowest BCUT2D eigenvalue weighted by atomic mass is 10.2. The normalized spacial score (nSPS) is 11.9. The average Bonchev–Trinajstić information content (AvgIpc) is 3.20. The molecule has 0 saturated heterocycles. The van der Waals surface area contributed by atoms with Gasteiger partial charge in [-0.1, -0.05) is 41.2 Å².